The van der Waals surface area contributed by atoms with Crippen molar-refractivity contribution >= 4 is 31.6 Å². The molecule has 0 amide bonds. The zero-order valence-corrected chi connectivity index (χ0v) is 14.6. The van der Waals surface area contributed by atoms with Gasteiger partial charge in [0, 0.05) is 44.1 Å². The van der Waals surface area contributed by atoms with Crippen LogP contribution in [0.3, 0.4) is 0 Å². The number of nitrogen functional groups attached to an aromatic ring is 1. The standard InChI is InChI=1S/C13H21BrN2O4S/c1-19-8-3-6-16(7-9-20-2)21(17,18)11-4-5-13(15)12(14)10-11/h4-5,10H,3,6-9,15H2,1-2H3. The summed E-state index contributed by atoms with van der Waals surface area (Å²) >= 11 is 3.25. The lowest BCUT2D eigenvalue weighted by Crippen LogP contribution is -2.35. The first-order valence-corrected chi connectivity index (χ1v) is 8.70. The summed E-state index contributed by atoms with van der Waals surface area (Å²) in [6.07, 6.45) is 0.621. The predicted molar refractivity (Wildman–Crippen MR) is 85.7 cm³/mol. The number of anilines is 1. The largest absolute Gasteiger partial charge is 0.398 e. The van der Waals surface area contributed by atoms with E-state index in [1.807, 2.05) is 0 Å². The number of nitrogens with two attached hydrogens (primary N) is 1. The average molecular weight is 381 g/mol. The molecule has 6 nitrogen and oxygen atoms in total. The quantitative estimate of drug-likeness (QED) is 0.520. The number of rotatable bonds is 9. The van der Waals surface area contributed by atoms with Crippen LogP contribution in [0.25, 0.3) is 0 Å². The van der Waals surface area contributed by atoms with Crippen molar-refractivity contribution in [3.8, 4) is 0 Å². The SMILES string of the molecule is COCCCN(CCOC)S(=O)(=O)c1ccc(N)c(Br)c1. The van der Waals surface area contributed by atoms with Crippen molar-refractivity contribution in [3.05, 3.63) is 22.7 Å². The second-order valence-corrected chi connectivity index (χ2v) is 7.22. The topological polar surface area (TPSA) is 81.9 Å². The van der Waals surface area contributed by atoms with Crippen molar-refractivity contribution in [1.29, 1.82) is 0 Å². The Morgan fingerprint density at radius 3 is 2.43 bits per heavy atom. The molecule has 1 rings (SSSR count). The third kappa shape index (κ3) is 5.23. The zero-order valence-electron chi connectivity index (χ0n) is 12.2. The molecule has 0 fully saturated rings. The van der Waals surface area contributed by atoms with Crippen LogP contribution in [0.2, 0.25) is 0 Å². The van der Waals surface area contributed by atoms with Gasteiger partial charge in [-0.15, -0.1) is 0 Å². The molecule has 8 heteroatoms. The first-order chi connectivity index (χ1) is 9.93. The monoisotopic (exact) mass is 380 g/mol. The van der Waals surface area contributed by atoms with E-state index >= 15 is 0 Å². The molecular formula is C13H21BrN2O4S. The zero-order chi connectivity index (χ0) is 15.9. The van der Waals surface area contributed by atoms with Crippen LogP contribution in [0.4, 0.5) is 5.69 Å². The van der Waals surface area contributed by atoms with Crippen LogP contribution in [-0.2, 0) is 19.5 Å². The van der Waals surface area contributed by atoms with Gasteiger partial charge in [-0.2, -0.15) is 4.31 Å². The highest BCUT2D eigenvalue weighted by Gasteiger charge is 2.24. The van der Waals surface area contributed by atoms with Crippen LogP contribution in [0, 0.1) is 0 Å². The molecular weight excluding hydrogens is 360 g/mol. The Bertz CT molecular complexity index is 551. The molecule has 0 aliphatic carbocycles. The Balaban J connectivity index is 2.98. The van der Waals surface area contributed by atoms with Gasteiger partial charge in [0.05, 0.1) is 11.5 Å². The van der Waals surface area contributed by atoms with Gasteiger partial charge in [-0.3, -0.25) is 0 Å². The molecule has 1 aromatic rings. The molecule has 120 valence electrons. The minimum absolute atomic E-state index is 0.206. The number of nitrogens with zero attached hydrogens (tertiary/aromatic N) is 1. The third-order valence-corrected chi connectivity index (χ3v) is 5.49. The van der Waals surface area contributed by atoms with Crippen LogP contribution >= 0.6 is 15.9 Å². The fourth-order valence-corrected chi connectivity index (χ4v) is 3.77. The third-order valence-electron chi connectivity index (χ3n) is 2.91. The maximum absolute atomic E-state index is 12.7. The second kappa shape index (κ2) is 8.70. The Morgan fingerprint density at radius 1 is 1.19 bits per heavy atom. The summed E-state index contributed by atoms with van der Waals surface area (Å²) in [6.45, 7) is 1.51. The molecule has 0 heterocycles. The average Bonchev–Trinajstić information content (AvgIpc) is 2.45. The van der Waals surface area contributed by atoms with Crippen molar-refractivity contribution < 1.29 is 17.9 Å². The van der Waals surface area contributed by atoms with Crippen LogP contribution < -0.4 is 5.73 Å². The number of halogens is 1. The molecule has 0 aromatic heterocycles. The van der Waals surface area contributed by atoms with Gasteiger partial charge in [0.1, 0.15) is 0 Å². The summed E-state index contributed by atoms with van der Waals surface area (Å²) in [6, 6.07) is 4.59. The lowest BCUT2D eigenvalue weighted by molar-refractivity contribution is 0.164. The van der Waals surface area contributed by atoms with E-state index in [1.165, 1.54) is 16.4 Å². The number of ether oxygens (including phenoxy) is 2. The van der Waals surface area contributed by atoms with Crippen molar-refractivity contribution in [2.75, 3.05) is 46.3 Å². The summed E-state index contributed by atoms with van der Waals surface area (Å²) in [5.74, 6) is 0. The van der Waals surface area contributed by atoms with Gasteiger partial charge in [0.25, 0.3) is 0 Å². The second-order valence-electron chi connectivity index (χ2n) is 4.43. The summed E-state index contributed by atoms with van der Waals surface area (Å²) in [4.78, 5) is 0.206. The Morgan fingerprint density at radius 2 is 1.86 bits per heavy atom. The van der Waals surface area contributed by atoms with E-state index in [0.717, 1.165) is 0 Å². The first-order valence-electron chi connectivity index (χ1n) is 6.46. The van der Waals surface area contributed by atoms with Crippen molar-refractivity contribution in [2.24, 2.45) is 0 Å². The minimum Gasteiger partial charge on any atom is -0.398 e. The van der Waals surface area contributed by atoms with Crippen LogP contribution in [0.1, 0.15) is 6.42 Å². The number of benzene rings is 1. The molecule has 21 heavy (non-hydrogen) atoms. The number of methoxy groups -OCH3 is 2. The van der Waals surface area contributed by atoms with E-state index < -0.39 is 10.0 Å². The van der Waals surface area contributed by atoms with Gasteiger partial charge < -0.3 is 15.2 Å². The molecule has 0 unspecified atom stereocenters. The van der Waals surface area contributed by atoms with E-state index in [2.05, 4.69) is 15.9 Å². The number of hydrogen-bond acceptors (Lipinski definition) is 5. The van der Waals surface area contributed by atoms with E-state index in [0.29, 0.717) is 42.9 Å². The molecule has 0 aliphatic rings. The Kier molecular flexibility index (Phi) is 7.61. The highest BCUT2D eigenvalue weighted by atomic mass is 79.9. The van der Waals surface area contributed by atoms with Crippen LogP contribution in [0.5, 0.6) is 0 Å². The highest BCUT2D eigenvalue weighted by molar-refractivity contribution is 9.10. The van der Waals surface area contributed by atoms with Gasteiger partial charge in [0.2, 0.25) is 10.0 Å². The van der Waals surface area contributed by atoms with E-state index in [9.17, 15) is 8.42 Å². The summed E-state index contributed by atoms with van der Waals surface area (Å²) < 4.78 is 37.2. The summed E-state index contributed by atoms with van der Waals surface area (Å²) in [5.41, 5.74) is 6.19. The summed E-state index contributed by atoms with van der Waals surface area (Å²) in [7, 11) is -0.451. The molecule has 0 spiro atoms. The van der Waals surface area contributed by atoms with Gasteiger partial charge in [-0.25, -0.2) is 8.42 Å². The van der Waals surface area contributed by atoms with E-state index in [4.69, 9.17) is 15.2 Å². The van der Waals surface area contributed by atoms with Crippen LogP contribution in [-0.4, -0.2) is 53.2 Å². The van der Waals surface area contributed by atoms with Crippen LogP contribution in [0.15, 0.2) is 27.6 Å². The maximum atomic E-state index is 12.7. The van der Waals surface area contributed by atoms with Gasteiger partial charge in [-0.05, 0) is 40.5 Å². The summed E-state index contributed by atoms with van der Waals surface area (Å²) in [5, 5.41) is 0. The number of sulfonamides is 1. The van der Waals surface area contributed by atoms with Crippen molar-refractivity contribution in [1.82, 2.24) is 4.31 Å². The molecule has 2 N–H and O–H groups in total. The van der Waals surface area contributed by atoms with E-state index in [-0.39, 0.29) is 4.90 Å². The predicted octanol–water partition coefficient (Wildman–Crippen LogP) is 1.70. The van der Waals surface area contributed by atoms with Crippen molar-refractivity contribution in [2.45, 2.75) is 11.3 Å². The molecule has 0 saturated heterocycles. The van der Waals surface area contributed by atoms with Gasteiger partial charge >= 0.3 is 0 Å². The van der Waals surface area contributed by atoms with Gasteiger partial charge in [0.15, 0.2) is 0 Å². The Labute approximate surface area is 134 Å². The fraction of sp³-hybridized carbons (Fsp3) is 0.538. The van der Waals surface area contributed by atoms with Crippen molar-refractivity contribution in [3.63, 3.8) is 0 Å². The fourth-order valence-electron chi connectivity index (χ4n) is 1.75. The highest BCUT2D eigenvalue weighted by Crippen LogP contribution is 2.25. The normalized spacial score (nSPS) is 12.0. The Hall–Kier alpha value is -0.670. The number of hydrogen-bond donors (Lipinski definition) is 1. The van der Waals surface area contributed by atoms with Gasteiger partial charge in [-0.1, -0.05) is 0 Å². The molecule has 0 saturated carbocycles. The molecule has 0 radical (unpaired) electrons. The molecule has 1 aromatic carbocycles. The molecule has 0 atom stereocenters. The molecule has 0 aliphatic heterocycles. The molecule has 0 bridgehead atoms. The first kappa shape index (κ1) is 18.4. The lowest BCUT2D eigenvalue weighted by atomic mass is 10.3. The minimum atomic E-state index is -3.58. The smallest absolute Gasteiger partial charge is 0.243 e. The van der Waals surface area contributed by atoms with E-state index in [1.54, 1.807) is 20.3 Å². The lowest BCUT2D eigenvalue weighted by Gasteiger charge is -2.22. The maximum Gasteiger partial charge on any atom is 0.243 e.